The van der Waals surface area contributed by atoms with Gasteiger partial charge in [-0.1, -0.05) is 13.8 Å². The van der Waals surface area contributed by atoms with Crippen molar-refractivity contribution < 1.29 is 4.74 Å². The first kappa shape index (κ1) is 14.5. The Bertz CT molecular complexity index is 358. The van der Waals surface area contributed by atoms with E-state index >= 15 is 0 Å². The lowest BCUT2D eigenvalue weighted by atomic mass is 9.99. The fourth-order valence-electron chi connectivity index (χ4n) is 2.85. The highest BCUT2D eigenvalue weighted by Crippen LogP contribution is 2.18. The second kappa shape index (κ2) is 7.65. The van der Waals surface area contributed by atoms with Gasteiger partial charge in [-0.2, -0.15) is 0 Å². The van der Waals surface area contributed by atoms with Crippen LogP contribution in [0.3, 0.4) is 0 Å². The zero-order chi connectivity index (χ0) is 13.5. The summed E-state index contributed by atoms with van der Waals surface area (Å²) >= 11 is 0. The minimum Gasteiger partial charge on any atom is -0.377 e. The summed E-state index contributed by atoms with van der Waals surface area (Å²) in [6.07, 6.45) is 10.1. The Labute approximate surface area is 116 Å². The molecule has 1 aliphatic heterocycles. The maximum atomic E-state index is 5.94. The highest BCUT2D eigenvalue weighted by Gasteiger charge is 2.25. The zero-order valence-corrected chi connectivity index (χ0v) is 12.3. The number of likely N-dealkylation sites (N-methyl/N-ethyl adjacent to an activating group) is 1. The van der Waals surface area contributed by atoms with E-state index in [1.807, 2.05) is 6.20 Å². The molecule has 1 saturated heterocycles. The minimum atomic E-state index is 0.348. The Morgan fingerprint density at radius 3 is 3.05 bits per heavy atom. The molecule has 1 N–H and O–H groups in total. The van der Waals surface area contributed by atoms with Gasteiger partial charge < -0.3 is 14.6 Å². The molecule has 0 spiro atoms. The van der Waals surface area contributed by atoms with Crippen LogP contribution in [0.25, 0.3) is 0 Å². The van der Waals surface area contributed by atoms with E-state index in [2.05, 4.69) is 34.9 Å². The molecule has 0 saturated carbocycles. The molecule has 0 aromatic carbocycles. The van der Waals surface area contributed by atoms with Gasteiger partial charge in [0.1, 0.15) is 5.82 Å². The van der Waals surface area contributed by atoms with E-state index < -0.39 is 0 Å². The van der Waals surface area contributed by atoms with Crippen LogP contribution in [0.4, 0.5) is 0 Å². The van der Waals surface area contributed by atoms with Gasteiger partial charge in [0.25, 0.3) is 0 Å². The summed E-state index contributed by atoms with van der Waals surface area (Å²) in [5.74, 6) is 1.18. The van der Waals surface area contributed by atoms with E-state index in [-0.39, 0.29) is 0 Å². The lowest BCUT2D eigenvalue weighted by Crippen LogP contribution is -2.44. The van der Waals surface area contributed by atoms with Crippen molar-refractivity contribution in [1.29, 1.82) is 0 Å². The van der Waals surface area contributed by atoms with Gasteiger partial charge in [-0.25, -0.2) is 4.98 Å². The Kier molecular flexibility index (Phi) is 5.86. The first-order valence-corrected chi connectivity index (χ1v) is 7.70. The van der Waals surface area contributed by atoms with Crippen molar-refractivity contribution in [1.82, 2.24) is 14.9 Å². The molecule has 2 unspecified atom stereocenters. The average molecular weight is 265 g/mol. The highest BCUT2D eigenvalue weighted by molar-refractivity contribution is 4.98. The number of hydrogen-bond donors (Lipinski definition) is 1. The second-order valence-electron chi connectivity index (χ2n) is 5.31. The predicted octanol–water partition coefficient (Wildman–Crippen LogP) is 2.38. The Hall–Kier alpha value is -0.870. The summed E-state index contributed by atoms with van der Waals surface area (Å²) in [5, 5.41) is 3.58. The van der Waals surface area contributed by atoms with Crippen LogP contribution in [0.15, 0.2) is 12.4 Å². The molecule has 2 atom stereocenters. The number of imidazole rings is 1. The molecule has 2 heterocycles. The molecule has 2 rings (SSSR count). The van der Waals surface area contributed by atoms with Crippen LogP contribution in [0.1, 0.15) is 45.4 Å². The van der Waals surface area contributed by atoms with E-state index in [0.29, 0.717) is 12.1 Å². The van der Waals surface area contributed by atoms with Gasteiger partial charge in [0.15, 0.2) is 0 Å². The van der Waals surface area contributed by atoms with Gasteiger partial charge >= 0.3 is 0 Å². The summed E-state index contributed by atoms with van der Waals surface area (Å²) in [6, 6.07) is 0.392. The summed E-state index contributed by atoms with van der Waals surface area (Å²) in [7, 11) is 0. The maximum Gasteiger partial charge on any atom is 0.110 e. The third-order valence-corrected chi connectivity index (χ3v) is 3.80. The van der Waals surface area contributed by atoms with Gasteiger partial charge in [-0.15, -0.1) is 0 Å². The van der Waals surface area contributed by atoms with Gasteiger partial charge in [0, 0.05) is 38.0 Å². The highest BCUT2D eigenvalue weighted by atomic mass is 16.5. The number of nitrogens with zero attached hydrogens (tertiary/aromatic N) is 2. The van der Waals surface area contributed by atoms with Crippen molar-refractivity contribution >= 4 is 0 Å². The summed E-state index contributed by atoms with van der Waals surface area (Å²) in [5.41, 5.74) is 0. The quantitative estimate of drug-likeness (QED) is 0.822. The summed E-state index contributed by atoms with van der Waals surface area (Å²) in [4.78, 5) is 4.52. The van der Waals surface area contributed by atoms with Crippen molar-refractivity contribution in [3.05, 3.63) is 18.2 Å². The van der Waals surface area contributed by atoms with E-state index in [4.69, 9.17) is 4.74 Å². The molecule has 1 fully saturated rings. The predicted molar refractivity (Wildman–Crippen MR) is 77.3 cm³/mol. The number of nitrogens with one attached hydrogen (secondary N) is 1. The lowest BCUT2D eigenvalue weighted by Gasteiger charge is -2.31. The van der Waals surface area contributed by atoms with Crippen molar-refractivity contribution in [2.75, 3.05) is 13.2 Å². The van der Waals surface area contributed by atoms with Gasteiger partial charge in [-0.3, -0.25) is 0 Å². The smallest absolute Gasteiger partial charge is 0.110 e. The topological polar surface area (TPSA) is 39.1 Å². The van der Waals surface area contributed by atoms with E-state index in [1.165, 1.54) is 25.1 Å². The largest absolute Gasteiger partial charge is 0.377 e. The summed E-state index contributed by atoms with van der Waals surface area (Å²) in [6.45, 7) is 7.32. The number of aryl methyl sites for hydroxylation is 1. The molecular weight excluding hydrogens is 238 g/mol. The minimum absolute atomic E-state index is 0.348. The molecule has 19 heavy (non-hydrogen) atoms. The van der Waals surface area contributed by atoms with Crippen LogP contribution in [0.2, 0.25) is 0 Å². The Morgan fingerprint density at radius 1 is 1.47 bits per heavy atom. The fourth-order valence-corrected chi connectivity index (χ4v) is 2.85. The second-order valence-corrected chi connectivity index (χ2v) is 5.31. The first-order valence-electron chi connectivity index (χ1n) is 7.70. The van der Waals surface area contributed by atoms with Crippen LogP contribution >= 0.6 is 0 Å². The number of aromatic nitrogens is 2. The van der Waals surface area contributed by atoms with E-state index in [1.54, 1.807) is 0 Å². The van der Waals surface area contributed by atoms with E-state index in [9.17, 15) is 0 Å². The van der Waals surface area contributed by atoms with Crippen molar-refractivity contribution in [2.24, 2.45) is 0 Å². The van der Waals surface area contributed by atoms with Gasteiger partial charge in [0.05, 0.1) is 6.10 Å². The number of ether oxygens (including phenoxy) is 1. The van der Waals surface area contributed by atoms with Crippen molar-refractivity contribution in [3.63, 3.8) is 0 Å². The first-order chi connectivity index (χ1) is 9.35. The Morgan fingerprint density at radius 2 is 2.37 bits per heavy atom. The van der Waals surface area contributed by atoms with Crippen molar-refractivity contribution in [3.8, 4) is 0 Å². The fraction of sp³-hybridized carbons (Fsp3) is 0.800. The molecular formula is C15H27N3O. The van der Waals surface area contributed by atoms with Crippen LogP contribution < -0.4 is 5.32 Å². The van der Waals surface area contributed by atoms with Crippen LogP contribution in [-0.2, 0) is 17.7 Å². The average Bonchev–Trinajstić information content (AvgIpc) is 2.87. The normalized spacial score (nSPS) is 21.5. The maximum absolute atomic E-state index is 5.94. The SMILES string of the molecule is CCCn1ccnc1CC(NCC)C1CCCCO1. The molecule has 1 aliphatic rings. The third kappa shape index (κ3) is 4.05. The van der Waals surface area contributed by atoms with Crippen LogP contribution in [0, 0.1) is 0 Å². The van der Waals surface area contributed by atoms with Gasteiger partial charge in [-0.05, 0) is 32.2 Å². The van der Waals surface area contributed by atoms with E-state index in [0.717, 1.165) is 32.5 Å². The van der Waals surface area contributed by atoms with Gasteiger partial charge in [0.2, 0.25) is 0 Å². The molecule has 4 heteroatoms. The molecule has 1 aromatic heterocycles. The zero-order valence-electron chi connectivity index (χ0n) is 12.3. The Balaban J connectivity index is 2.00. The third-order valence-electron chi connectivity index (χ3n) is 3.80. The lowest BCUT2D eigenvalue weighted by molar-refractivity contribution is -0.00762. The molecule has 0 bridgehead atoms. The molecule has 0 amide bonds. The molecule has 1 aromatic rings. The van der Waals surface area contributed by atoms with Crippen LogP contribution in [-0.4, -0.2) is 34.8 Å². The molecule has 4 nitrogen and oxygen atoms in total. The van der Waals surface area contributed by atoms with Crippen molar-refractivity contribution in [2.45, 2.75) is 64.6 Å². The molecule has 0 radical (unpaired) electrons. The summed E-state index contributed by atoms with van der Waals surface area (Å²) < 4.78 is 8.21. The van der Waals surface area contributed by atoms with Crippen LogP contribution in [0.5, 0.6) is 0 Å². The molecule has 0 aliphatic carbocycles. The standard InChI is InChI=1S/C15H27N3O/c1-3-9-18-10-8-17-15(18)12-13(16-4-2)14-7-5-6-11-19-14/h8,10,13-14,16H,3-7,9,11-12H2,1-2H3. The molecule has 108 valence electrons. The number of hydrogen-bond acceptors (Lipinski definition) is 3. The number of rotatable bonds is 7. The monoisotopic (exact) mass is 265 g/mol.